The molecule has 0 radical (unpaired) electrons. The Labute approximate surface area is 162 Å². The first-order chi connectivity index (χ1) is 13.5. The van der Waals surface area contributed by atoms with Gasteiger partial charge in [0.1, 0.15) is 11.6 Å². The molecule has 0 bridgehead atoms. The summed E-state index contributed by atoms with van der Waals surface area (Å²) in [5, 5.41) is 18.0. The van der Waals surface area contributed by atoms with E-state index in [1.165, 1.54) is 0 Å². The number of nitrogens with zero attached hydrogens (tertiary/aromatic N) is 3. The number of rotatable bonds is 4. The molecule has 0 saturated carbocycles. The fraction of sp³-hybridized carbons (Fsp3) is 0.136. The van der Waals surface area contributed by atoms with Gasteiger partial charge in [0.05, 0.1) is 12.6 Å². The molecule has 0 amide bonds. The monoisotopic (exact) mass is 373 g/mol. The number of esters is 1. The molecule has 0 unspecified atom stereocenters. The molecule has 140 valence electrons. The molecule has 28 heavy (non-hydrogen) atoms. The van der Waals surface area contributed by atoms with Crippen LogP contribution in [0.3, 0.4) is 0 Å². The van der Waals surface area contributed by atoms with Crippen molar-refractivity contribution in [2.45, 2.75) is 20.4 Å². The van der Waals surface area contributed by atoms with Gasteiger partial charge in [0.25, 0.3) is 0 Å². The third-order valence-electron chi connectivity index (χ3n) is 4.69. The minimum atomic E-state index is -0.565. The largest absolute Gasteiger partial charge is 0.504 e. The number of carbonyl (C=O) groups excluding carboxylic acids is 1. The van der Waals surface area contributed by atoms with Crippen LogP contribution in [0, 0.1) is 13.8 Å². The standard InChI is InChI=1S/C22H19N3O3/c1-14-23-24-15(2)25(14)13-16-7-9-17(10-8-16)19-6-4-3-5-18(19)11-21-20(26)12-22(27)28-21/h3-12,26H,13H2,1-2H3/b21-11-. The van der Waals surface area contributed by atoms with Gasteiger partial charge in [-0.25, -0.2) is 4.79 Å². The van der Waals surface area contributed by atoms with Crippen LogP contribution in [0.25, 0.3) is 17.2 Å². The Morgan fingerprint density at radius 2 is 1.71 bits per heavy atom. The Morgan fingerprint density at radius 1 is 1.04 bits per heavy atom. The maximum Gasteiger partial charge on any atom is 0.340 e. The number of ether oxygens (including phenoxy) is 1. The molecule has 3 aromatic rings. The molecule has 0 aliphatic carbocycles. The van der Waals surface area contributed by atoms with Crippen LogP contribution in [0.15, 0.2) is 66.1 Å². The second-order valence-electron chi connectivity index (χ2n) is 6.62. The first kappa shape index (κ1) is 17.7. The van der Waals surface area contributed by atoms with E-state index in [9.17, 15) is 9.90 Å². The smallest absolute Gasteiger partial charge is 0.340 e. The van der Waals surface area contributed by atoms with Gasteiger partial charge < -0.3 is 14.4 Å². The molecule has 1 N–H and O–H groups in total. The molecule has 0 spiro atoms. The third-order valence-corrected chi connectivity index (χ3v) is 4.69. The molecular formula is C22H19N3O3. The lowest BCUT2D eigenvalue weighted by Crippen LogP contribution is -2.04. The highest BCUT2D eigenvalue weighted by atomic mass is 16.6. The number of carbonyl (C=O) groups is 1. The van der Waals surface area contributed by atoms with Crippen molar-refractivity contribution in [2.24, 2.45) is 0 Å². The van der Waals surface area contributed by atoms with Crippen LogP contribution in [0.5, 0.6) is 0 Å². The first-order valence-corrected chi connectivity index (χ1v) is 8.90. The number of cyclic esters (lactones) is 1. The molecule has 2 aromatic carbocycles. The van der Waals surface area contributed by atoms with E-state index in [0.29, 0.717) is 6.54 Å². The molecule has 4 rings (SSSR count). The number of hydrogen-bond donors (Lipinski definition) is 1. The molecule has 1 aromatic heterocycles. The molecule has 0 fully saturated rings. The van der Waals surface area contributed by atoms with Gasteiger partial charge in [-0.15, -0.1) is 10.2 Å². The van der Waals surface area contributed by atoms with Gasteiger partial charge in [0.2, 0.25) is 0 Å². The maximum absolute atomic E-state index is 11.3. The molecule has 2 heterocycles. The van der Waals surface area contributed by atoms with E-state index in [4.69, 9.17) is 4.74 Å². The lowest BCUT2D eigenvalue weighted by atomic mass is 9.98. The normalized spacial score (nSPS) is 15.0. The first-order valence-electron chi connectivity index (χ1n) is 8.90. The van der Waals surface area contributed by atoms with E-state index in [1.807, 2.05) is 38.1 Å². The quantitative estimate of drug-likeness (QED) is 0.701. The van der Waals surface area contributed by atoms with Crippen molar-refractivity contribution in [1.29, 1.82) is 0 Å². The van der Waals surface area contributed by atoms with E-state index in [-0.39, 0.29) is 11.5 Å². The van der Waals surface area contributed by atoms with Crippen molar-refractivity contribution in [3.8, 4) is 11.1 Å². The van der Waals surface area contributed by atoms with Crippen LogP contribution in [0.1, 0.15) is 22.8 Å². The Bertz CT molecular complexity index is 1090. The summed E-state index contributed by atoms with van der Waals surface area (Å²) in [5.41, 5.74) is 4.01. The van der Waals surface area contributed by atoms with Crippen LogP contribution in [0.4, 0.5) is 0 Å². The fourth-order valence-corrected chi connectivity index (χ4v) is 3.19. The predicted molar refractivity (Wildman–Crippen MR) is 105 cm³/mol. The molecule has 6 nitrogen and oxygen atoms in total. The number of aryl methyl sites for hydroxylation is 2. The molecule has 1 aliphatic heterocycles. The highest BCUT2D eigenvalue weighted by Crippen LogP contribution is 2.28. The van der Waals surface area contributed by atoms with E-state index < -0.39 is 5.97 Å². The minimum Gasteiger partial charge on any atom is -0.504 e. The predicted octanol–water partition coefficient (Wildman–Crippen LogP) is 3.95. The number of benzene rings is 2. The zero-order valence-corrected chi connectivity index (χ0v) is 15.6. The summed E-state index contributed by atoms with van der Waals surface area (Å²) < 4.78 is 7.10. The molecule has 1 aliphatic rings. The Kier molecular flexibility index (Phi) is 4.53. The topological polar surface area (TPSA) is 77.2 Å². The van der Waals surface area contributed by atoms with Gasteiger partial charge in [0.15, 0.2) is 11.5 Å². The highest BCUT2D eigenvalue weighted by Gasteiger charge is 2.19. The van der Waals surface area contributed by atoms with Gasteiger partial charge in [-0.05, 0) is 42.2 Å². The van der Waals surface area contributed by atoms with Crippen LogP contribution >= 0.6 is 0 Å². The number of hydrogen-bond acceptors (Lipinski definition) is 5. The van der Waals surface area contributed by atoms with Crippen molar-refractivity contribution in [3.05, 3.63) is 88.9 Å². The minimum absolute atomic E-state index is 0.158. The summed E-state index contributed by atoms with van der Waals surface area (Å²) in [4.78, 5) is 11.3. The van der Waals surface area contributed by atoms with Gasteiger partial charge in [-0.1, -0.05) is 48.5 Å². The average Bonchev–Trinajstić information content (AvgIpc) is 3.18. The Hall–Kier alpha value is -3.67. The van der Waals surface area contributed by atoms with Crippen molar-refractivity contribution >= 4 is 12.0 Å². The molecular weight excluding hydrogens is 354 g/mol. The summed E-state index contributed by atoms with van der Waals surface area (Å²) in [6, 6.07) is 16.0. The summed E-state index contributed by atoms with van der Waals surface area (Å²) in [6.45, 7) is 4.60. The fourth-order valence-electron chi connectivity index (χ4n) is 3.19. The molecule has 0 saturated heterocycles. The number of aliphatic hydroxyl groups is 1. The zero-order chi connectivity index (χ0) is 19.7. The average molecular weight is 373 g/mol. The Balaban J connectivity index is 1.63. The van der Waals surface area contributed by atoms with Gasteiger partial charge in [0, 0.05) is 0 Å². The molecule has 6 heteroatoms. The van der Waals surface area contributed by atoms with Crippen LogP contribution in [-0.2, 0) is 16.1 Å². The third kappa shape index (κ3) is 3.44. The Morgan fingerprint density at radius 3 is 2.36 bits per heavy atom. The van der Waals surface area contributed by atoms with Crippen molar-refractivity contribution in [3.63, 3.8) is 0 Å². The lowest BCUT2D eigenvalue weighted by molar-refractivity contribution is -0.132. The summed E-state index contributed by atoms with van der Waals surface area (Å²) in [6.07, 6.45) is 2.74. The van der Waals surface area contributed by atoms with Crippen molar-refractivity contribution < 1.29 is 14.6 Å². The second kappa shape index (κ2) is 7.15. The second-order valence-corrected chi connectivity index (χ2v) is 6.62. The van der Waals surface area contributed by atoms with Crippen molar-refractivity contribution in [2.75, 3.05) is 0 Å². The van der Waals surface area contributed by atoms with E-state index in [1.54, 1.807) is 6.08 Å². The summed E-state index contributed by atoms with van der Waals surface area (Å²) in [7, 11) is 0. The maximum atomic E-state index is 11.3. The van der Waals surface area contributed by atoms with Gasteiger partial charge in [-0.3, -0.25) is 0 Å². The lowest BCUT2D eigenvalue weighted by Gasteiger charge is -2.10. The van der Waals surface area contributed by atoms with E-state index >= 15 is 0 Å². The summed E-state index contributed by atoms with van der Waals surface area (Å²) >= 11 is 0. The van der Waals surface area contributed by atoms with Gasteiger partial charge in [-0.2, -0.15) is 0 Å². The molecule has 0 atom stereocenters. The highest BCUT2D eigenvalue weighted by molar-refractivity contribution is 5.89. The summed E-state index contributed by atoms with van der Waals surface area (Å²) in [5.74, 6) is 1.21. The van der Waals surface area contributed by atoms with Crippen LogP contribution in [0.2, 0.25) is 0 Å². The van der Waals surface area contributed by atoms with Gasteiger partial charge >= 0.3 is 5.97 Å². The zero-order valence-electron chi connectivity index (χ0n) is 15.6. The number of aromatic nitrogens is 3. The van der Waals surface area contributed by atoms with E-state index in [0.717, 1.165) is 40.0 Å². The number of aliphatic hydroxyl groups excluding tert-OH is 1. The van der Waals surface area contributed by atoms with Crippen molar-refractivity contribution in [1.82, 2.24) is 14.8 Å². The van der Waals surface area contributed by atoms with E-state index in [2.05, 4.69) is 39.0 Å². The van der Waals surface area contributed by atoms with Crippen LogP contribution in [-0.4, -0.2) is 25.8 Å². The van der Waals surface area contributed by atoms with Crippen LogP contribution < -0.4 is 0 Å². The SMILES string of the molecule is Cc1nnc(C)n1Cc1ccc(-c2ccccc2/C=C2\OC(=O)C=C2O)cc1.